The molecule has 9 heteroatoms. The zero-order chi connectivity index (χ0) is 21.3. The van der Waals surface area contributed by atoms with Crippen LogP contribution in [0, 0.1) is 6.92 Å². The number of nitrogens with one attached hydrogen (secondary N) is 1. The van der Waals surface area contributed by atoms with Crippen molar-refractivity contribution in [3.8, 4) is 0 Å². The van der Waals surface area contributed by atoms with E-state index in [0.29, 0.717) is 49.6 Å². The quantitative estimate of drug-likeness (QED) is 0.630. The van der Waals surface area contributed by atoms with Crippen LogP contribution >= 0.6 is 11.3 Å². The summed E-state index contributed by atoms with van der Waals surface area (Å²) in [6.07, 6.45) is 3.26. The molecule has 4 heterocycles. The number of nitrogens with zero attached hydrogens (tertiary/aromatic N) is 4. The number of hydrogen-bond acceptors (Lipinski definition) is 7. The predicted octanol–water partition coefficient (Wildman–Crippen LogP) is 3.03. The van der Waals surface area contributed by atoms with Gasteiger partial charge in [0.25, 0.3) is 5.91 Å². The molecule has 3 aromatic heterocycles. The van der Waals surface area contributed by atoms with Gasteiger partial charge in [-0.25, -0.2) is 14.8 Å². The second-order valence-corrected chi connectivity index (χ2v) is 8.28. The topological polar surface area (TPSA) is 91.4 Å². The average Bonchev–Trinajstić information content (AvgIpc) is 3.34. The fourth-order valence-corrected chi connectivity index (χ4v) is 4.85. The summed E-state index contributed by atoms with van der Waals surface area (Å²) < 4.78 is 4.93. The van der Waals surface area contributed by atoms with Crippen molar-refractivity contribution < 1.29 is 14.3 Å². The van der Waals surface area contributed by atoms with Gasteiger partial charge in [-0.15, -0.1) is 0 Å². The van der Waals surface area contributed by atoms with Gasteiger partial charge in [0.1, 0.15) is 16.0 Å². The monoisotopic (exact) mass is 427 g/mol. The van der Waals surface area contributed by atoms with Gasteiger partial charge in [-0.05, 0) is 31.0 Å². The molecule has 0 unspecified atom stereocenters. The Morgan fingerprint density at radius 2 is 2.03 bits per heavy atom. The number of piperazine rings is 1. The van der Waals surface area contributed by atoms with Crippen molar-refractivity contribution in [2.45, 2.75) is 26.7 Å². The molecule has 1 amide bonds. The summed E-state index contributed by atoms with van der Waals surface area (Å²) in [5, 5.41) is 0.936. The third kappa shape index (κ3) is 3.65. The third-order valence-electron chi connectivity index (χ3n) is 5.39. The van der Waals surface area contributed by atoms with E-state index >= 15 is 0 Å². The number of pyridine rings is 1. The molecule has 0 aromatic carbocycles. The number of thiazole rings is 1. The summed E-state index contributed by atoms with van der Waals surface area (Å²) in [4.78, 5) is 42.6. The number of carbonyl (C=O) groups excluding carboxylic acids is 2. The minimum Gasteiger partial charge on any atom is -0.465 e. The van der Waals surface area contributed by atoms with E-state index in [1.54, 1.807) is 24.5 Å². The van der Waals surface area contributed by atoms with E-state index in [-0.39, 0.29) is 5.91 Å². The number of aryl methyl sites for hydroxylation is 1. The summed E-state index contributed by atoms with van der Waals surface area (Å²) in [6.45, 7) is 6.44. The number of esters is 1. The number of anilines is 1. The van der Waals surface area contributed by atoms with Crippen LogP contribution in [0.5, 0.6) is 0 Å². The molecule has 0 aliphatic carbocycles. The highest BCUT2D eigenvalue weighted by Gasteiger charge is 2.30. The van der Waals surface area contributed by atoms with E-state index in [1.807, 2.05) is 24.0 Å². The first kappa shape index (κ1) is 20.3. The summed E-state index contributed by atoms with van der Waals surface area (Å²) >= 11 is 1.57. The van der Waals surface area contributed by atoms with Crippen molar-refractivity contribution in [3.63, 3.8) is 0 Å². The molecule has 30 heavy (non-hydrogen) atoms. The van der Waals surface area contributed by atoms with Gasteiger partial charge in [-0.2, -0.15) is 0 Å². The molecule has 4 rings (SSSR count). The standard InChI is InChI=1S/C21H25N5O3S/c1-4-6-14-16(20(28)29-3)13(2)23-17(14)19(27)25-9-11-26(12-10-25)21-24-15-7-5-8-22-18(15)30-21/h5,7-8,23H,4,6,9-12H2,1-3H3. The molecule has 1 N–H and O–H groups in total. The number of aromatic nitrogens is 3. The van der Waals surface area contributed by atoms with Crippen molar-refractivity contribution in [2.24, 2.45) is 0 Å². The second kappa shape index (κ2) is 8.43. The number of rotatable bonds is 5. The molecule has 0 bridgehead atoms. The lowest BCUT2D eigenvalue weighted by Crippen LogP contribution is -2.49. The molecule has 158 valence electrons. The van der Waals surface area contributed by atoms with Gasteiger partial charge in [0.15, 0.2) is 5.13 Å². The second-order valence-electron chi connectivity index (χ2n) is 7.32. The van der Waals surface area contributed by atoms with Crippen LogP contribution in [0.4, 0.5) is 5.13 Å². The summed E-state index contributed by atoms with van der Waals surface area (Å²) in [5.74, 6) is -0.470. The van der Waals surface area contributed by atoms with E-state index in [4.69, 9.17) is 4.74 Å². The number of aromatic amines is 1. The highest BCUT2D eigenvalue weighted by Crippen LogP contribution is 2.28. The lowest BCUT2D eigenvalue weighted by molar-refractivity contribution is 0.0599. The van der Waals surface area contributed by atoms with Crippen LogP contribution < -0.4 is 4.90 Å². The van der Waals surface area contributed by atoms with Gasteiger partial charge in [-0.1, -0.05) is 24.7 Å². The maximum atomic E-state index is 13.3. The molecular formula is C21H25N5O3S. The average molecular weight is 428 g/mol. The molecule has 0 saturated carbocycles. The maximum absolute atomic E-state index is 13.3. The molecule has 1 saturated heterocycles. The Hall–Kier alpha value is -2.94. The van der Waals surface area contributed by atoms with Crippen LogP contribution in [-0.4, -0.2) is 65.0 Å². The molecule has 0 spiro atoms. The highest BCUT2D eigenvalue weighted by atomic mass is 32.1. The first-order valence-electron chi connectivity index (χ1n) is 10.1. The van der Waals surface area contributed by atoms with Crippen molar-refractivity contribution in [1.82, 2.24) is 19.9 Å². The Kier molecular flexibility index (Phi) is 5.72. The fraction of sp³-hybridized carbons (Fsp3) is 0.429. The van der Waals surface area contributed by atoms with Gasteiger partial charge in [-0.3, -0.25) is 4.79 Å². The first-order valence-corrected chi connectivity index (χ1v) is 10.9. The molecule has 3 aromatic rings. The van der Waals surface area contributed by atoms with Crippen LogP contribution in [-0.2, 0) is 11.2 Å². The zero-order valence-electron chi connectivity index (χ0n) is 17.4. The first-order chi connectivity index (χ1) is 14.5. The number of amides is 1. The number of H-pyrrole nitrogens is 1. The SMILES string of the molecule is CCCc1c(C(=O)N2CCN(c3nc4cccnc4s3)CC2)[nH]c(C)c1C(=O)OC. The Labute approximate surface area is 178 Å². The van der Waals surface area contributed by atoms with Crippen molar-refractivity contribution in [3.05, 3.63) is 40.8 Å². The third-order valence-corrected chi connectivity index (χ3v) is 6.43. The summed E-state index contributed by atoms with van der Waals surface area (Å²) in [5.41, 5.74) is 3.33. The van der Waals surface area contributed by atoms with Crippen molar-refractivity contribution >= 4 is 38.7 Å². The molecule has 8 nitrogen and oxygen atoms in total. The van der Waals surface area contributed by atoms with Crippen molar-refractivity contribution in [1.29, 1.82) is 0 Å². The number of methoxy groups -OCH3 is 1. The minimum atomic E-state index is -0.402. The Morgan fingerprint density at radius 3 is 2.70 bits per heavy atom. The van der Waals surface area contributed by atoms with Crippen molar-refractivity contribution in [2.75, 3.05) is 38.2 Å². The Bertz CT molecular complexity index is 1050. The lowest BCUT2D eigenvalue weighted by atomic mass is 10.0. The van der Waals surface area contributed by atoms with Crippen LogP contribution in [0.1, 0.15) is 45.4 Å². The van der Waals surface area contributed by atoms with Crippen LogP contribution in [0.15, 0.2) is 18.3 Å². The lowest BCUT2D eigenvalue weighted by Gasteiger charge is -2.34. The zero-order valence-corrected chi connectivity index (χ0v) is 18.2. The highest BCUT2D eigenvalue weighted by molar-refractivity contribution is 7.21. The van der Waals surface area contributed by atoms with Gasteiger partial charge in [0, 0.05) is 38.1 Å². The van der Waals surface area contributed by atoms with E-state index < -0.39 is 5.97 Å². The van der Waals surface area contributed by atoms with E-state index in [1.165, 1.54) is 7.11 Å². The van der Waals surface area contributed by atoms with Crippen LogP contribution in [0.2, 0.25) is 0 Å². The molecule has 1 aliphatic heterocycles. The number of ether oxygens (including phenoxy) is 1. The van der Waals surface area contributed by atoms with Gasteiger partial charge in [0.2, 0.25) is 0 Å². The van der Waals surface area contributed by atoms with E-state index in [9.17, 15) is 9.59 Å². The molecule has 1 fully saturated rings. The summed E-state index contributed by atoms with van der Waals surface area (Å²) in [7, 11) is 1.36. The maximum Gasteiger partial charge on any atom is 0.339 e. The molecule has 0 atom stereocenters. The van der Waals surface area contributed by atoms with Crippen LogP contribution in [0.3, 0.4) is 0 Å². The van der Waals surface area contributed by atoms with Gasteiger partial charge < -0.3 is 19.5 Å². The van der Waals surface area contributed by atoms with Gasteiger partial charge in [0.05, 0.1) is 12.7 Å². The summed E-state index contributed by atoms with van der Waals surface area (Å²) in [6, 6.07) is 3.85. The predicted molar refractivity (Wildman–Crippen MR) is 116 cm³/mol. The Balaban J connectivity index is 1.51. The smallest absolute Gasteiger partial charge is 0.339 e. The largest absolute Gasteiger partial charge is 0.465 e. The van der Waals surface area contributed by atoms with Crippen LogP contribution in [0.25, 0.3) is 10.3 Å². The fourth-order valence-electron chi connectivity index (χ4n) is 3.89. The number of hydrogen-bond donors (Lipinski definition) is 1. The normalized spacial score (nSPS) is 14.4. The minimum absolute atomic E-state index is 0.0673. The van der Waals surface area contributed by atoms with E-state index in [0.717, 1.165) is 27.5 Å². The molecule has 1 aliphatic rings. The van der Waals surface area contributed by atoms with E-state index in [2.05, 4.69) is 19.9 Å². The van der Waals surface area contributed by atoms with Gasteiger partial charge >= 0.3 is 5.97 Å². The number of carbonyl (C=O) groups is 2. The number of fused-ring (bicyclic) bond motifs is 1. The Morgan fingerprint density at radius 1 is 1.27 bits per heavy atom. The molecule has 0 radical (unpaired) electrons. The molecular weight excluding hydrogens is 402 g/mol.